The first-order valence-corrected chi connectivity index (χ1v) is 4.41. The summed E-state index contributed by atoms with van der Waals surface area (Å²) in [6, 6.07) is 2.03. The number of nitrogens with one attached hydrogen (secondary N) is 2. The summed E-state index contributed by atoms with van der Waals surface area (Å²) in [6.07, 6.45) is 0. The number of carbonyl (C=O) groups is 2. The normalized spacial score (nSPS) is 9.88. The van der Waals surface area contributed by atoms with E-state index in [4.69, 9.17) is 5.11 Å². The van der Waals surface area contributed by atoms with E-state index in [2.05, 4.69) is 9.94 Å². The number of aromatic amines is 1. The van der Waals surface area contributed by atoms with Gasteiger partial charge in [-0.05, 0) is 0 Å². The molecule has 1 heterocycles. The number of carboxylic acids is 1. The first-order chi connectivity index (χ1) is 7.99. The van der Waals surface area contributed by atoms with Gasteiger partial charge in [0, 0.05) is 12.1 Å². The first kappa shape index (κ1) is 12.6. The summed E-state index contributed by atoms with van der Waals surface area (Å²) in [4.78, 5) is 47.5. The molecule has 0 saturated carbocycles. The van der Waals surface area contributed by atoms with E-state index in [-0.39, 0.29) is 0 Å². The predicted octanol–water partition coefficient (Wildman–Crippen LogP) is -2.33. The van der Waals surface area contributed by atoms with Crippen LogP contribution in [0.2, 0.25) is 0 Å². The molecule has 0 spiro atoms. The number of hydrogen-bond acceptors (Lipinski definition) is 5. The molecule has 92 valence electrons. The number of hydroxylamine groups is 1. The minimum absolute atomic E-state index is 0.478. The van der Waals surface area contributed by atoms with Crippen LogP contribution < -0.4 is 16.6 Å². The van der Waals surface area contributed by atoms with E-state index in [1.165, 1.54) is 0 Å². The van der Waals surface area contributed by atoms with Gasteiger partial charge in [-0.3, -0.25) is 24.3 Å². The van der Waals surface area contributed by atoms with Crippen LogP contribution in [0, 0.1) is 0 Å². The summed E-state index contributed by atoms with van der Waals surface area (Å²) < 4.78 is 0.766. The topological polar surface area (TPSA) is 130 Å². The molecule has 17 heavy (non-hydrogen) atoms. The number of rotatable bonds is 5. The minimum Gasteiger partial charge on any atom is -0.479 e. The Hall–Kier alpha value is -2.42. The van der Waals surface area contributed by atoms with Crippen molar-refractivity contribution in [2.24, 2.45) is 0 Å². The van der Waals surface area contributed by atoms with E-state index >= 15 is 0 Å². The molecule has 1 aromatic heterocycles. The molecule has 0 aliphatic rings. The first-order valence-electron chi connectivity index (χ1n) is 4.41. The minimum atomic E-state index is -1.25. The van der Waals surface area contributed by atoms with Crippen LogP contribution in [0.15, 0.2) is 21.7 Å². The molecule has 0 aliphatic heterocycles. The highest BCUT2D eigenvalue weighted by Crippen LogP contribution is 1.76. The maximum absolute atomic E-state index is 11.2. The number of H-pyrrole nitrogens is 1. The average molecular weight is 243 g/mol. The van der Waals surface area contributed by atoms with E-state index in [1.807, 2.05) is 5.48 Å². The fraction of sp³-hybridized carbons (Fsp3) is 0.250. The van der Waals surface area contributed by atoms with E-state index in [0.29, 0.717) is 0 Å². The molecule has 0 saturated heterocycles. The summed E-state index contributed by atoms with van der Waals surface area (Å²) in [7, 11) is 0. The lowest BCUT2D eigenvalue weighted by Crippen LogP contribution is -2.36. The molecule has 1 rings (SSSR count). The molecule has 0 bridgehead atoms. The van der Waals surface area contributed by atoms with Crippen LogP contribution in [-0.2, 0) is 21.0 Å². The van der Waals surface area contributed by atoms with Crippen LogP contribution in [0.5, 0.6) is 0 Å². The molecule has 3 N–H and O–H groups in total. The molecular weight excluding hydrogens is 234 g/mol. The van der Waals surface area contributed by atoms with E-state index in [0.717, 1.165) is 16.8 Å². The zero-order valence-electron chi connectivity index (χ0n) is 8.50. The van der Waals surface area contributed by atoms with Crippen molar-refractivity contribution in [2.75, 3.05) is 6.61 Å². The summed E-state index contributed by atoms with van der Waals surface area (Å²) in [5.41, 5.74) is 0.698. The Morgan fingerprint density at radius 1 is 1.41 bits per heavy atom. The molecule has 0 aromatic carbocycles. The van der Waals surface area contributed by atoms with Crippen molar-refractivity contribution in [3.05, 3.63) is 32.8 Å². The molecule has 9 heteroatoms. The van der Waals surface area contributed by atoms with E-state index in [9.17, 15) is 19.2 Å². The monoisotopic (exact) mass is 243 g/mol. The smallest absolute Gasteiger partial charge is 0.332 e. The van der Waals surface area contributed by atoms with Gasteiger partial charge in [0.1, 0.15) is 6.54 Å². The lowest BCUT2D eigenvalue weighted by molar-refractivity contribution is -0.149. The summed E-state index contributed by atoms with van der Waals surface area (Å²) in [6.45, 7) is -1.18. The highest BCUT2D eigenvalue weighted by molar-refractivity contribution is 5.75. The second-order valence-electron chi connectivity index (χ2n) is 2.94. The van der Waals surface area contributed by atoms with Gasteiger partial charge in [-0.25, -0.2) is 15.0 Å². The van der Waals surface area contributed by atoms with Crippen molar-refractivity contribution >= 4 is 11.9 Å². The summed E-state index contributed by atoms with van der Waals surface area (Å²) in [5.74, 6) is -2.02. The van der Waals surface area contributed by atoms with Gasteiger partial charge in [0.15, 0.2) is 6.61 Å². The van der Waals surface area contributed by atoms with Crippen LogP contribution in [-0.4, -0.2) is 33.4 Å². The number of nitrogens with zero attached hydrogens (tertiary/aromatic N) is 1. The Bertz CT molecular complexity index is 531. The van der Waals surface area contributed by atoms with Crippen LogP contribution in [0.3, 0.4) is 0 Å². The number of carboxylic acid groups (broad SMARTS) is 1. The third-order valence-electron chi connectivity index (χ3n) is 1.57. The van der Waals surface area contributed by atoms with Gasteiger partial charge in [-0.2, -0.15) is 0 Å². The molecule has 0 fully saturated rings. The Kier molecular flexibility index (Phi) is 4.17. The molecule has 0 aliphatic carbocycles. The standard InChI is InChI=1S/C8H9N3O6/c12-5-1-2-7(14)11(9-5)3-6(13)10-17-4-8(15)16/h1-2H,3-4H2,(H,9,12)(H,10,13)(H,15,16). The van der Waals surface area contributed by atoms with Crippen molar-refractivity contribution in [2.45, 2.75) is 6.54 Å². The van der Waals surface area contributed by atoms with Gasteiger partial charge in [-0.15, -0.1) is 0 Å². The second kappa shape index (κ2) is 5.61. The lowest BCUT2D eigenvalue weighted by Gasteiger charge is -2.05. The third kappa shape index (κ3) is 4.30. The van der Waals surface area contributed by atoms with Crippen molar-refractivity contribution in [1.29, 1.82) is 0 Å². The van der Waals surface area contributed by atoms with Crippen LogP contribution in [0.25, 0.3) is 0 Å². The highest BCUT2D eigenvalue weighted by Gasteiger charge is 2.06. The van der Waals surface area contributed by atoms with Gasteiger partial charge >= 0.3 is 5.97 Å². The van der Waals surface area contributed by atoms with Crippen molar-refractivity contribution in [3.63, 3.8) is 0 Å². The number of aliphatic carboxylic acids is 1. The van der Waals surface area contributed by atoms with E-state index in [1.54, 1.807) is 0 Å². The van der Waals surface area contributed by atoms with E-state index < -0.39 is 36.1 Å². The van der Waals surface area contributed by atoms with Crippen LogP contribution in [0.4, 0.5) is 0 Å². The average Bonchev–Trinajstić information content (AvgIpc) is 2.23. The largest absolute Gasteiger partial charge is 0.479 e. The molecule has 1 amide bonds. The second-order valence-corrected chi connectivity index (χ2v) is 2.94. The zero-order valence-corrected chi connectivity index (χ0v) is 8.50. The van der Waals surface area contributed by atoms with Gasteiger partial charge in [0.05, 0.1) is 0 Å². The highest BCUT2D eigenvalue weighted by atomic mass is 16.7. The summed E-state index contributed by atoms with van der Waals surface area (Å²) in [5, 5.41) is 10.3. The Balaban J connectivity index is 2.56. The number of aromatic nitrogens is 2. The Labute approximate surface area is 93.6 Å². The van der Waals surface area contributed by atoms with Crippen molar-refractivity contribution in [1.82, 2.24) is 15.3 Å². The Morgan fingerprint density at radius 3 is 2.76 bits per heavy atom. The Morgan fingerprint density at radius 2 is 2.12 bits per heavy atom. The molecule has 9 nitrogen and oxygen atoms in total. The van der Waals surface area contributed by atoms with Gasteiger partial charge in [0.25, 0.3) is 17.0 Å². The lowest BCUT2D eigenvalue weighted by atomic mass is 10.5. The predicted molar refractivity (Wildman–Crippen MR) is 53.1 cm³/mol. The fourth-order valence-corrected chi connectivity index (χ4v) is 0.934. The van der Waals surface area contributed by atoms with Gasteiger partial charge < -0.3 is 5.11 Å². The SMILES string of the molecule is O=C(O)CONC(=O)Cn1[nH]c(=O)ccc1=O. The van der Waals surface area contributed by atoms with Crippen molar-refractivity contribution in [3.8, 4) is 0 Å². The molecule has 0 unspecified atom stereocenters. The fourth-order valence-electron chi connectivity index (χ4n) is 0.934. The quantitative estimate of drug-likeness (QED) is 0.497. The van der Waals surface area contributed by atoms with Crippen LogP contribution >= 0.6 is 0 Å². The maximum atomic E-state index is 11.2. The molecular formula is C8H9N3O6. The van der Waals surface area contributed by atoms with Gasteiger partial charge in [0.2, 0.25) is 0 Å². The molecule has 1 aromatic rings. The zero-order chi connectivity index (χ0) is 12.8. The maximum Gasteiger partial charge on any atom is 0.332 e. The summed E-state index contributed by atoms with van der Waals surface area (Å²) >= 11 is 0. The third-order valence-corrected chi connectivity index (χ3v) is 1.57. The van der Waals surface area contributed by atoms with Gasteiger partial charge in [-0.1, -0.05) is 0 Å². The number of amides is 1. The number of carbonyl (C=O) groups excluding carboxylic acids is 1. The molecule has 0 atom stereocenters. The number of hydrogen-bond donors (Lipinski definition) is 3. The van der Waals surface area contributed by atoms with Crippen molar-refractivity contribution < 1.29 is 19.5 Å². The van der Waals surface area contributed by atoms with Crippen LogP contribution in [0.1, 0.15) is 0 Å². The molecule has 0 radical (unpaired) electrons.